The van der Waals surface area contributed by atoms with E-state index in [-0.39, 0.29) is 17.6 Å². The summed E-state index contributed by atoms with van der Waals surface area (Å²) in [6.45, 7) is 3.61. The average Bonchev–Trinajstić information content (AvgIpc) is 2.48. The summed E-state index contributed by atoms with van der Waals surface area (Å²) in [6, 6.07) is 10.1. The third-order valence-corrected chi connectivity index (χ3v) is 3.72. The highest BCUT2D eigenvalue weighted by atomic mass is 32.2. The molecule has 0 saturated heterocycles. The normalized spacial score (nSPS) is 10.7. The van der Waals surface area contributed by atoms with Crippen LogP contribution in [0.3, 0.4) is 0 Å². The van der Waals surface area contributed by atoms with Crippen molar-refractivity contribution in [3.63, 3.8) is 0 Å². The molecule has 6 heteroatoms. The molecule has 0 aliphatic carbocycles. The fraction of sp³-hybridized carbons (Fsp3) is 0.267. The van der Waals surface area contributed by atoms with Crippen molar-refractivity contribution in [2.75, 3.05) is 5.32 Å². The van der Waals surface area contributed by atoms with E-state index in [2.05, 4.69) is 15.5 Å². The number of carbonyl (C=O) groups excluding carboxylic acids is 1. The van der Waals surface area contributed by atoms with Gasteiger partial charge < -0.3 is 5.32 Å². The second-order valence-electron chi connectivity index (χ2n) is 4.78. The Hall–Kier alpha value is -1.95. The first-order valence-electron chi connectivity index (χ1n) is 6.57. The molecule has 0 unspecified atom stereocenters. The van der Waals surface area contributed by atoms with Gasteiger partial charge in [-0.25, -0.2) is 4.39 Å². The van der Waals surface area contributed by atoms with Crippen LogP contribution >= 0.6 is 11.8 Å². The maximum absolute atomic E-state index is 13.5. The van der Waals surface area contributed by atoms with Crippen molar-refractivity contribution in [3.05, 3.63) is 47.8 Å². The molecular formula is C15H16FN3OS. The first kappa shape index (κ1) is 15.4. The van der Waals surface area contributed by atoms with Crippen molar-refractivity contribution in [3.8, 4) is 0 Å². The number of carbonyl (C=O) groups is 1. The smallest absolute Gasteiger partial charge is 0.228 e. The van der Waals surface area contributed by atoms with E-state index in [1.807, 2.05) is 0 Å². The molecule has 21 heavy (non-hydrogen) atoms. The first-order chi connectivity index (χ1) is 10.1. The van der Waals surface area contributed by atoms with Crippen molar-refractivity contribution in [2.45, 2.75) is 24.6 Å². The van der Waals surface area contributed by atoms with Gasteiger partial charge in [-0.3, -0.25) is 4.79 Å². The van der Waals surface area contributed by atoms with Crippen LogP contribution < -0.4 is 5.32 Å². The Labute approximate surface area is 127 Å². The van der Waals surface area contributed by atoms with Gasteiger partial charge in [0, 0.05) is 11.7 Å². The van der Waals surface area contributed by atoms with Crippen LogP contribution in [0.15, 0.2) is 41.4 Å². The molecule has 1 aromatic heterocycles. The number of nitrogens with zero attached hydrogens (tertiary/aromatic N) is 2. The predicted octanol–water partition coefficient (Wildman–Crippen LogP) is 3.50. The van der Waals surface area contributed by atoms with Gasteiger partial charge in [-0.2, -0.15) is 0 Å². The molecular weight excluding hydrogens is 289 g/mol. The largest absolute Gasteiger partial charge is 0.309 e. The van der Waals surface area contributed by atoms with E-state index in [0.717, 1.165) is 0 Å². The molecule has 0 aliphatic rings. The van der Waals surface area contributed by atoms with E-state index in [1.165, 1.54) is 17.8 Å². The van der Waals surface area contributed by atoms with Gasteiger partial charge in [-0.15, -0.1) is 10.2 Å². The molecule has 4 nitrogen and oxygen atoms in total. The summed E-state index contributed by atoms with van der Waals surface area (Å²) in [5, 5.41) is 11.3. The lowest BCUT2D eigenvalue weighted by atomic mass is 10.2. The summed E-state index contributed by atoms with van der Waals surface area (Å²) in [4.78, 5) is 11.5. The monoisotopic (exact) mass is 305 g/mol. The third-order valence-electron chi connectivity index (χ3n) is 2.75. The molecule has 1 N–H and O–H groups in total. The van der Waals surface area contributed by atoms with Crippen LogP contribution in [-0.2, 0) is 10.5 Å². The minimum absolute atomic E-state index is 0.101. The van der Waals surface area contributed by atoms with E-state index >= 15 is 0 Å². The lowest BCUT2D eigenvalue weighted by molar-refractivity contribution is -0.118. The van der Waals surface area contributed by atoms with Gasteiger partial charge in [0.1, 0.15) is 10.8 Å². The standard InChI is InChI=1S/C15H16FN3OS/c1-10(2)15(20)17-13-7-8-14(19-18-13)21-9-11-5-3-4-6-12(11)16/h3-8,10H,9H2,1-2H3,(H,17,18,20). The number of hydrogen-bond donors (Lipinski definition) is 1. The zero-order valence-corrected chi connectivity index (χ0v) is 12.7. The summed E-state index contributed by atoms with van der Waals surface area (Å²) in [7, 11) is 0. The van der Waals surface area contributed by atoms with Crippen molar-refractivity contribution in [2.24, 2.45) is 5.92 Å². The molecule has 0 bridgehead atoms. The molecule has 1 heterocycles. The average molecular weight is 305 g/mol. The first-order valence-corrected chi connectivity index (χ1v) is 7.55. The van der Waals surface area contributed by atoms with Crippen LogP contribution in [0.2, 0.25) is 0 Å². The van der Waals surface area contributed by atoms with Crippen molar-refractivity contribution >= 4 is 23.5 Å². The van der Waals surface area contributed by atoms with Crippen LogP contribution in [0.1, 0.15) is 19.4 Å². The van der Waals surface area contributed by atoms with E-state index in [1.54, 1.807) is 44.2 Å². The Kier molecular flexibility index (Phi) is 5.27. The van der Waals surface area contributed by atoms with Crippen LogP contribution in [0.5, 0.6) is 0 Å². The Morgan fingerprint density at radius 2 is 2.00 bits per heavy atom. The van der Waals surface area contributed by atoms with Gasteiger partial charge in [-0.05, 0) is 23.8 Å². The van der Waals surface area contributed by atoms with E-state index < -0.39 is 0 Å². The molecule has 2 aromatic rings. The minimum Gasteiger partial charge on any atom is -0.309 e. The number of thioether (sulfide) groups is 1. The number of nitrogens with one attached hydrogen (secondary N) is 1. The number of rotatable bonds is 5. The third kappa shape index (κ3) is 4.53. The molecule has 1 aromatic carbocycles. The summed E-state index contributed by atoms with van der Waals surface area (Å²) >= 11 is 1.40. The minimum atomic E-state index is -0.223. The van der Waals surface area contributed by atoms with E-state index in [4.69, 9.17) is 0 Å². The molecule has 1 amide bonds. The lowest BCUT2D eigenvalue weighted by Gasteiger charge is -2.06. The van der Waals surface area contributed by atoms with E-state index in [0.29, 0.717) is 22.2 Å². The maximum Gasteiger partial charge on any atom is 0.228 e. The zero-order valence-electron chi connectivity index (χ0n) is 11.8. The molecule has 110 valence electrons. The van der Waals surface area contributed by atoms with Gasteiger partial charge in [-0.1, -0.05) is 43.8 Å². The summed E-state index contributed by atoms with van der Waals surface area (Å²) in [5.74, 6) is 0.472. The fourth-order valence-corrected chi connectivity index (χ4v) is 2.30. The van der Waals surface area contributed by atoms with Crippen LogP contribution in [0.25, 0.3) is 0 Å². The summed E-state index contributed by atoms with van der Waals surface area (Å²) < 4.78 is 13.5. The van der Waals surface area contributed by atoms with Crippen LogP contribution in [0, 0.1) is 11.7 Å². The summed E-state index contributed by atoms with van der Waals surface area (Å²) in [6.07, 6.45) is 0. The van der Waals surface area contributed by atoms with Gasteiger partial charge in [0.05, 0.1) is 0 Å². The van der Waals surface area contributed by atoms with Crippen LogP contribution in [-0.4, -0.2) is 16.1 Å². The van der Waals surface area contributed by atoms with Gasteiger partial charge >= 0.3 is 0 Å². The molecule has 0 atom stereocenters. The number of hydrogen-bond acceptors (Lipinski definition) is 4. The summed E-state index contributed by atoms with van der Waals surface area (Å²) in [5.41, 5.74) is 0.626. The second kappa shape index (κ2) is 7.17. The SMILES string of the molecule is CC(C)C(=O)Nc1ccc(SCc2ccccc2F)nn1. The Morgan fingerprint density at radius 3 is 2.62 bits per heavy atom. The van der Waals surface area contributed by atoms with E-state index in [9.17, 15) is 9.18 Å². The lowest BCUT2D eigenvalue weighted by Crippen LogP contribution is -2.18. The fourth-order valence-electron chi connectivity index (χ4n) is 1.50. The highest BCUT2D eigenvalue weighted by Crippen LogP contribution is 2.22. The van der Waals surface area contributed by atoms with Gasteiger partial charge in [0.25, 0.3) is 0 Å². The quantitative estimate of drug-likeness (QED) is 0.859. The highest BCUT2D eigenvalue weighted by molar-refractivity contribution is 7.98. The Bertz CT molecular complexity index is 617. The highest BCUT2D eigenvalue weighted by Gasteiger charge is 2.08. The Balaban J connectivity index is 1.94. The molecule has 2 rings (SSSR count). The number of anilines is 1. The zero-order chi connectivity index (χ0) is 15.2. The molecule has 0 fully saturated rings. The number of halogens is 1. The van der Waals surface area contributed by atoms with Crippen molar-refractivity contribution in [1.29, 1.82) is 0 Å². The van der Waals surface area contributed by atoms with Crippen molar-refractivity contribution in [1.82, 2.24) is 10.2 Å². The van der Waals surface area contributed by atoms with Crippen molar-refractivity contribution < 1.29 is 9.18 Å². The van der Waals surface area contributed by atoms with Gasteiger partial charge in [0.15, 0.2) is 5.82 Å². The van der Waals surface area contributed by atoms with Crippen LogP contribution in [0.4, 0.5) is 10.2 Å². The molecule has 0 radical (unpaired) electrons. The van der Waals surface area contributed by atoms with Gasteiger partial charge in [0.2, 0.25) is 5.91 Å². The molecule has 0 saturated carbocycles. The molecule has 0 spiro atoms. The number of amides is 1. The Morgan fingerprint density at radius 1 is 1.24 bits per heavy atom. The number of aromatic nitrogens is 2. The number of benzene rings is 1. The topological polar surface area (TPSA) is 54.9 Å². The second-order valence-corrected chi connectivity index (χ2v) is 5.78. The predicted molar refractivity (Wildman–Crippen MR) is 81.5 cm³/mol. The maximum atomic E-state index is 13.5. The molecule has 0 aliphatic heterocycles.